The Kier molecular flexibility index (Phi) is 5.83. The Bertz CT molecular complexity index is 578. The van der Waals surface area contributed by atoms with E-state index < -0.39 is 0 Å². The molecule has 3 heteroatoms. The summed E-state index contributed by atoms with van der Waals surface area (Å²) >= 11 is 3.50. The number of benzene rings is 2. The molecule has 2 nitrogen and oxygen atoms in total. The summed E-state index contributed by atoms with van der Waals surface area (Å²) in [5.41, 5.74) is 3.67. The van der Waals surface area contributed by atoms with Gasteiger partial charge in [-0.3, -0.25) is 0 Å². The predicted octanol–water partition coefficient (Wildman–Crippen LogP) is 4.83. The van der Waals surface area contributed by atoms with Crippen molar-refractivity contribution in [2.45, 2.75) is 40.0 Å². The number of aryl methyl sites for hydroxylation is 1. The number of hydrogen-bond donors (Lipinski definition) is 1. The second kappa shape index (κ2) is 7.62. The van der Waals surface area contributed by atoms with E-state index in [4.69, 9.17) is 4.74 Å². The SMILES string of the molecule is Cc1cc(OCc2ccc(CNC(C)C)cc2)ccc1Br. The lowest BCUT2D eigenvalue weighted by Crippen LogP contribution is -2.21. The second-order valence-corrected chi connectivity index (χ2v) is 6.41. The third-order valence-corrected chi connectivity index (χ3v) is 4.16. The van der Waals surface area contributed by atoms with Crippen molar-refractivity contribution in [3.63, 3.8) is 0 Å². The van der Waals surface area contributed by atoms with Crippen LogP contribution in [0.4, 0.5) is 0 Å². The summed E-state index contributed by atoms with van der Waals surface area (Å²) in [7, 11) is 0. The first-order valence-electron chi connectivity index (χ1n) is 7.25. The zero-order valence-corrected chi connectivity index (χ0v) is 14.4. The topological polar surface area (TPSA) is 21.3 Å². The van der Waals surface area contributed by atoms with Crippen LogP contribution < -0.4 is 10.1 Å². The molecule has 21 heavy (non-hydrogen) atoms. The van der Waals surface area contributed by atoms with E-state index in [1.165, 1.54) is 16.7 Å². The molecule has 0 heterocycles. The fourth-order valence-electron chi connectivity index (χ4n) is 1.95. The van der Waals surface area contributed by atoms with E-state index in [0.717, 1.165) is 16.8 Å². The van der Waals surface area contributed by atoms with Crippen LogP contribution >= 0.6 is 15.9 Å². The predicted molar refractivity (Wildman–Crippen MR) is 91.6 cm³/mol. The van der Waals surface area contributed by atoms with Gasteiger partial charge in [0.15, 0.2) is 0 Å². The molecule has 0 spiro atoms. The first-order valence-corrected chi connectivity index (χ1v) is 8.04. The summed E-state index contributed by atoms with van der Waals surface area (Å²) in [5, 5.41) is 3.41. The van der Waals surface area contributed by atoms with Gasteiger partial charge in [0.25, 0.3) is 0 Å². The molecule has 0 saturated carbocycles. The second-order valence-electron chi connectivity index (χ2n) is 5.55. The molecular formula is C18H22BrNO. The van der Waals surface area contributed by atoms with Crippen LogP contribution in [0.25, 0.3) is 0 Å². The molecule has 0 aliphatic rings. The van der Waals surface area contributed by atoms with Gasteiger partial charge in [0.05, 0.1) is 0 Å². The quantitative estimate of drug-likeness (QED) is 0.807. The third kappa shape index (κ3) is 5.18. The molecule has 0 atom stereocenters. The molecule has 1 N–H and O–H groups in total. The average Bonchev–Trinajstić information content (AvgIpc) is 2.47. The summed E-state index contributed by atoms with van der Waals surface area (Å²) in [6.07, 6.45) is 0. The molecule has 2 aromatic carbocycles. The Labute approximate surface area is 135 Å². The smallest absolute Gasteiger partial charge is 0.120 e. The standard InChI is InChI=1S/C18H22BrNO/c1-13(2)20-11-15-4-6-16(7-5-15)12-21-17-8-9-18(19)14(3)10-17/h4-10,13,20H,11-12H2,1-3H3. The summed E-state index contributed by atoms with van der Waals surface area (Å²) in [5.74, 6) is 0.904. The highest BCUT2D eigenvalue weighted by atomic mass is 79.9. The van der Waals surface area contributed by atoms with E-state index in [1.54, 1.807) is 0 Å². The van der Waals surface area contributed by atoms with Gasteiger partial charge in [0.1, 0.15) is 12.4 Å². The molecule has 0 aromatic heterocycles. The highest BCUT2D eigenvalue weighted by molar-refractivity contribution is 9.10. The molecule has 0 amide bonds. The van der Waals surface area contributed by atoms with Gasteiger partial charge < -0.3 is 10.1 Å². The van der Waals surface area contributed by atoms with Gasteiger partial charge in [0, 0.05) is 17.1 Å². The van der Waals surface area contributed by atoms with E-state index >= 15 is 0 Å². The Balaban J connectivity index is 1.89. The zero-order valence-electron chi connectivity index (χ0n) is 12.8. The van der Waals surface area contributed by atoms with E-state index in [9.17, 15) is 0 Å². The van der Waals surface area contributed by atoms with Gasteiger partial charge in [-0.25, -0.2) is 0 Å². The van der Waals surface area contributed by atoms with Crippen molar-refractivity contribution in [2.75, 3.05) is 0 Å². The minimum atomic E-state index is 0.508. The molecule has 0 aliphatic heterocycles. The van der Waals surface area contributed by atoms with Crippen LogP contribution in [-0.2, 0) is 13.2 Å². The summed E-state index contributed by atoms with van der Waals surface area (Å²) < 4.78 is 6.94. The number of nitrogens with one attached hydrogen (secondary N) is 1. The fraction of sp³-hybridized carbons (Fsp3) is 0.333. The summed E-state index contributed by atoms with van der Waals surface area (Å²) in [6, 6.07) is 15.1. The van der Waals surface area contributed by atoms with Gasteiger partial charge >= 0.3 is 0 Å². The maximum absolute atomic E-state index is 5.83. The summed E-state index contributed by atoms with van der Waals surface area (Å²) in [4.78, 5) is 0. The number of ether oxygens (including phenoxy) is 1. The van der Waals surface area contributed by atoms with Gasteiger partial charge in [0.2, 0.25) is 0 Å². The number of rotatable bonds is 6. The van der Waals surface area contributed by atoms with Crippen LogP contribution in [0.5, 0.6) is 5.75 Å². The fourth-order valence-corrected chi connectivity index (χ4v) is 2.20. The third-order valence-electron chi connectivity index (χ3n) is 3.27. The molecule has 0 radical (unpaired) electrons. The highest BCUT2D eigenvalue weighted by Crippen LogP contribution is 2.22. The number of hydrogen-bond acceptors (Lipinski definition) is 2. The van der Waals surface area contributed by atoms with Gasteiger partial charge in [-0.05, 0) is 41.8 Å². The molecule has 0 saturated heterocycles. The Hall–Kier alpha value is -1.32. The monoisotopic (exact) mass is 347 g/mol. The Morgan fingerprint density at radius 3 is 2.33 bits per heavy atom. The van der Waals surface area contributed by atoms with Crippen LogP contribution in [0.2, 0.25) is 0 Å². The minimum Gasteiger partial charge on any atom is -0.489 e. The van der Waals surface area contributed by atoms with Crippen LogP contribution in [0.3, 0.4) is 0 Å². The molecule has 0 aliphatic carbocycles. The average molecular weight is 348 g/mol. The molecule has 2 aromatic rings. The van der Waals surface area contributed by atoms with Crippen molar-refractivity contribution in [1.82, 2.24) is 5.32 Å². The zero-order chi connectivity index (χ0) is 15.2. The lowest BCUT2D eigenvalue weighted by Gasteiger charge is -2.10. The van der Waals surface area contributed by atoms with Crippen molar-refractivity contribution in [2.24, 2.45) is 0 Å². The largest absolute Gasteiger partial charge is 0.489 e. The Morgan fingerprint density at radius 2 is 1.71 bits per heavy atom. The van der Waals surface area contributed by atoms with Crippen molar-refractivity contribution in [3.05, 3.63) is 63.6 Å². The van der Waals surface area contributed by atoms with E-state index in [2.05, 4.69) is 66.3 Å². The van der Waals surface area contributed by atoms with Crippen molar-refractivity contribution in [3.8, 4) is 5.75 Å². The first kappa shape index (κ1) is 16.1. The van der Waals surface area contributed by atoms with Crippen LogP contribution in [0, 0.1) is 6.92 Å². The van der Waals surface area contributed by atoms with E-state index in [-0.39, 0.29) is 0 Å². The molecule has 112 valence electrons. The van der Waals surface area contributed by atoms with Gasteiger partial charge in [-0.1, -0.05) is 54.0 Å². The molecular weight excluding hydrogens is 326 g/mol. The normalized spacial score (nSPS) is 10.9. The van der Waals surface area contributed by atoms with Crippen molar-refractivity contribution >= 4 is 15.9 Å². The van der Waals surface area contributed by atoms with Gasteiger partial charge in [-0.15, -0.1) is 0 Å². The van der Waals surface area contributed by atoms with Crippen molar-refractivity contribution in [1.29, 1.82) is 0 Å². The van der Waals surface area contributed by atoms with Crippen LogP contribution in [-0.4, -0.2) is 6.04 Å². The maximum Gasteiger partial charge on any atom is 0.120 e. The lowest BCUT2D eigenvalue weighted by atomic mass is 10.1. The molecule has 2 rings (SSSR count). The minimum absolute atomic E-state index is 0.508. The Morgan fingerprint density at radius 1 is 1.05 bits per heavy atom. The highest BCUT2D eigenvalue weighted by Gasteiger charge is 2.00. The maximum atomic E-state index is 5.83. The van der Waals surface area contributed by atoms with Gasteiger partial charge in [-0.2, -0.15) is 0 Å². The van der Waals surface area contributed by atoms with Crippen LogP contribution in [0.15, 0.2) is 46.9 Å². The van der Waals surface area contributed by atoms with Crippen molar-refractivity contribution < 1.29 is 4.74 Å². The molecule has 0 unspecified atom stereocenters. The van der Waals surface area contributed by atoms with E-state index in [1.807, 2.05) is 18.2 Å². The lowest BCUT2D eigenvalue weighted by molar-refractivity contribution is 0.306. The summed E-state index contributed by atoms with van der Waals surface area (Å²) in [6.45, 7) is 7.88. The van der Waals surface area contributed by atoms with E-state index in [0.29, 0.717) is 12.6 Å². The first-order chi connectivity index (χ1) is 10.0. The van der Waals surface area contributed by atoms with Crippen LogP contribution in [0.1, 0.15) is 30.5 Å². The molecule has 0 fully saturated rings. The molecule has 0 bridgehead atoms. The number of halogens is 1.